The first kappa shape index (κ1) is 12.7. The van der Waals surface area contributed by atoms with Crippen molar-refractivity contribution in [1.82, 2.24) is 15.3 Å². The first-order valence-corrected chi connectivity index (χ1v) is 7.99. The number of hydrogen-bond donors (Lipinski definition) is 1. The molecule has 1 fully saturated rings. The number of thiophene rings is 1. The summed E-state index contributed by atoms with van der Waals surface area (Å²) >= 11 is 1.74. The van der Waals surface area contributed by atoms with Crippen molar-refractivity contribution < 1.29 is 0 Å². The zero-order valence-electron chi connectivity index (χ0n) is 11.6. The third-order valence-corrected chi connectivity index (χ3v) is 4.88. The zero-order chi connectivity index (χ0) is 14.1. The van der Waals surface area contributed by atoms with E-state index in [1.165, 1.54) is 15.8 Å². The van der Waals surface area contributed by atoms with Gasteiger partial charge in [-0.05, 0) is 11.6 Å². The van der Waals surface area contributed by atoms with Crippen LogP contribution in [-0.2, 0) is 0 Å². The highest BCUT2D eigenvalue weighted by molar-refractivity contribution is 7.21. The summed E-state index contributed by atoms with van der Waals surface area (Å²) in [5.41, 5.74) is 1.24. The fraction of sp³-hybridized carbons (Fsp3) is 0.250. The van der Waals surface area contributed by atoms with Crippen molar-refractivity contribution in [2.45, 2.75) is 0 Å². The molecule has 0 saturated carbocycles. The maximum absolute atomic E-state index is 4.53. The van der Waals surface area contributed by atoms with Crippen molar-refractivity contribution in [1.29, 1.82) is 0 Å². The Morgan fingerprint density at radius 3 is 2.67 bits per heavy atom. The van der Waals surface area contributed by atoms with Crippen LogP contribution in [0.25, 0.3) is 20.7 Å². The Morgan fingerprint density at radius 2 is 1.86 bits per heavy atom. The molecule has 0 amide bonds. The van der Waals surface area contributed by atoms with Gasteiger partial charge in [0.05, 0.1) is 5.39 Å². The molecule has 1 aliphatic heterocycles. The molecule has 0 unspecified atom stereocenters. The number of anilines is 1. The van der Waals surface area contributed by atoms with Gasteiger partial charge >= 0.3 is 0 Å². The number of hydrogen-bond acceptors (Lipinski definition) is 5. The van der Waals surface area contributed by atoms with Crippen LogP contribution in [0, 0.1) is 0 Å². The highest BCUT2D eigenvalue weighted by Crippen LogP contribution is 2.35. The predicted octanol–water partition coefficient (Wildman–Crippen LogP) is 2.77. The number of fused-ring (bicyclic) bond motifs is 1. The number of nitrogens with zero attached hydrogens (tertiary/aromatic N) is 3. The van der Waals surface area contributed by atoms with Crippen LogP contribution < -0.4 is 10.2 Å². The highest BCUT2D eigenvalue weighted by Gasteiger charge is 2.17. The molecule has 1 N–H and O–H groups in total. The van der Waals surface area contributed by atoms with Gasteiger partial charge in [-0.3, -0.25) is 0 Å². The van der Waals surface area contributed by atoms with E-state index in [1.807, 2.05) is 6.07 Å². The number of aromatic nitrogens is 2. The smallest absolute Gasteiger partial charge is 0.140 e. The van der Waals surface area contributed by atoms with Crippen molar-refractivity contribution in [2.75, 3.05) is 31.1 Å². The molecule has 0 bridgehead atoms. The summed E-state index contributed by atoms with van der Waals surface area (Å²) in [6.07, 6.45) is 1.69. The molecule has 106 valence electrons. The molecule has 2 aromatic heterocycles. The maximum atomic E-state index is 4.53. The minimum Gasteiger partial charge on any atom is -0.353 e. The van der Waals surface area contributed by atoms with Gasteiger partial charge in [-0.25, -0.2) is 9.97 Å². The molecular weight excluding hydrogens is 280 g/mol. The lowest BCUT2D eigenvalue weighted by Gasteiger charge is -2.28. The largest absolute Gasteiger partial charge is 0.353 e. The van der Waals surface area contributed by atoms with Crippen molar-refractivity contribution in [3.05, 3.63) is 42.7 Å². The Morgan fingerprint density at radius 1 is 1.05 bits per heavy atom. The van der Waals surface area contributed by atoms with E-state index < -0.39 is 0 Å². The molecule has 5 heteroatoms. The zero-order valence-corrected chi connectivity index (χ0v) is 12.4. The number of piperazine rings is 1. The number of benzene rings is 1. The van der Waals surface area contributed by atoms with Gasteiger partial charge < -0.3 is 10.2 Å². The second-order valence-corrected chi connectivity index (χ2v) is 6.16. The van der Waals surface area contributed by atoms with Gasteiger partial charge in [0.25, 0.3) is 0 Å². The lowest BCUT2D eigenvalue weighted by atomic mass is 10.2. The summed E-state index contributed by atoms with van der Waals surface area (Å²) in [7, 11) is 0. The van der Waals surface area contributed by atoms with Crippen molar-refractivity contribution in [3.8, 4) is 10.4 Å². The van der Waals surface area contributed by atoms with Gasteiger partial charge in [0.2, 0.25) is 0 Å². The molecule has 3 aromatic rings. The van der Waals surface area contributed by atoms with Crippen LogP contribution in [0.5, 0.6) is 0 Å². The first-order valence-electron chi connectivity index (χ1n) is 7.17. The third kappa shape index (κ3) is 2.39. The lowest BCUT2D eigenvalue weighted by molar-refractivity contribution is 0.586. The Labute approximate surface area is 127 Å². The van der Waals surface area contributed by atoms with E-state index in [0.29, 0.717) is 0 Å². The molecule has 1 saturated heterocycles. The van der Waals surface area contributed by atoms with E-state index in [2.05, 4.69) is 50.5 Å². The second kappa shape index (κ2) is 5.42. The van der Waals surface area contributed by atoms with E-state index in [0.717, 1.165) is 36.8 Å². The fourth-order valence-electron chi connectivity index (χ4n) is 2.72. The monoisotopic (exact) mass is 296 g/mol. The topological polar surface area (TPSA) is 41.0 Å². The summed E-state index contributed by atoms with van der Waals surface area (Å²) in [5.74, 6) is 1.07. The third-order valence-electron chi connectivity index (χ3n) is 3.78. The average Bonchev–Trinajstić information content (AvgIpc) is 3.00. The summed E-state index contributed by atoms with van der Waals surface area (Å²) < 4.78 is 0. The lowest BCUT2D eigenvalue weighted by Crippen LogP contribution is -2.43. The molecular formula is C16H16N4S. The second-order valence-electron chi connectivity index (χ2n) is 5.13. The number of rotatable bonds is 2. The van der Waals surface area contributed by atoms with Gasteiger partial charge in [-0.2, -0.15) is 0 Å². The van der Waals surface area contributed by atoms with Crippen LogP contribution in [0.1, 0.15) is 0 Å². The summed E-state index contributed by atoms with van der Waals surface area (Å²) in [6.45, 7) is 4.04. The maximum Gasteiger partial charge on any atom is 0.140 e. The molecule has 1 aromatic carbocycles. The molecule has 0 aliphatic carbocycles. The molecule has 0 radical (unpaired) electrons. The quantitative estimate of drug-likeness (QED) is 0.789. The Bertz CT molecular complexity index is 747. The van der Waals surface area contributed by atoms with Crippen molar-refractivity contribution in [3.63, 3.8) is 0 Å². The minimum atomic E-state index is 1.00. The van der Waals surface area contributed by atoms with Crippen LogP contribution in [0.3, 0.4) is 0 Å². The average molecular weight is 296 g/mol. The van der Waals surface area contributed by atoms with Gasteiger partial charge in [0, 0.05) is 31.1 Å². The van der Waals surface area contributed by atoms with E-state index in [1.54, 1.807) is 17.7 Å². The van der Waals surface area contributed by atoms with E-state index in [-0.39, 0.29) is 0 Å². The molecule has 1 aliphatic rings. The minimum absolute atomic E-state index is 1.00. The van der Waals surface area contributed by atoms with Gasteiger partial charge in [-0.15, -0.1) is 11.3 Å². The Kier molecular flexibility index (Phi) is 3.29. The van der Waals surface area contributed by atoms with Gasteiger partial charge in [-0.1, -0.05) is 30.3 Å². The molecule has 4 rings (SSSR count). The van der Waals surface area contributed by atoms with Crippen LogP contribution in [0.15, 0.2) is 42.7 Å². The van der Waals surface area contributed by atoms with Gasteiger partial charge in [0.15, 0.2) is 0 Å². The highest BCUT2D eigenvalue weighted by atomic mass is 32.1. The predicted molar refractivity (Wildman–Crippen MR) is 87.9 cm³/mol. The first-order chi connectivity index (χ1) is 10.4. The van der Waals surface area contributed by atoms with Crippen LogP contribution in [0.4, 0.5) is 5.82 Å². The summed E-state index contributed by atoms with van der Waals surface area (Å²) in [4.78, 5) is 13.6. The van der Waals surface area contributed by atoms with Crippen LogP contribution >= 0.6 is 11.3 Å². The number of nitrogens with one attached hydrogen (secondary N) is 1. The molecule has 0 spiro atoms. The Hall–Kier alpha value is -1.98. The van der Waals surface area contributed by atoms with Crippen LogP contribution in [-0.4, -0.2) is 36.1 Å². The standard InChI is InChI=1S/C16H16N4S/c1-2-4-12(5-3-1)14-10-13-15(18-11-19-16(13)21-14)20-8-6-17-7-9-20/h1-5,10-11,17H,6-9H2. The van der Waals surface area contributed by atoms with E-state index in [4.69, 9.17) is 0 Å². The molecule has 21 heavy (non-hydrogen) atoms. The van der Waals surface area contributed by atoms with Crippen LogP contribution in [0.2, 0.25) is 0 Å². The van der Waals surface area contributed by atoms with Gasteiger partial charge in [0.1, 0.15) is 17.0 Å². The summed E-state index contributed by atoms with van der Waals surface area (Å²) in [5, 5.41) is 4.55. The normalized spacial score (nSPS) is 15.5. The molecule has 4 nitrogen and oxygen atoms in total. The summed E-state index contributed by atoms with van der Waals surface area (Å²) in [6, 6.07) is 12.7. The SMILES string of the molecule is c1ccc(-c2cc3c(N4CCNCC4)ncnc3s2)cc1. The van der Waals surface area contributed by atoms with E-state index in [9.17, 15) is 0 Å². The molecule has 3 heterocycles. The molecule has 0 atom stereocenters. The van der Waals surface area contributed by atoms with Crippen molar-refractivity contribution >= 4 is 27.4 Å². The van der Waals surface area contributed by atoms with Crippen molar-refractivity contribution in [2.24, 2.45) is 0 Å². The fourth-order valence-corrected chi connectivity index (χ4v) is 3.72. The van der Waals surface area contributed by atoms with E-state index >= 15 is 0 Å². The Balaban J connectivity index is 1.80.